The van der Waals surface area contributed by atoms with Gasteiger partial charge < -0.3 is 4.90 Å². The van der Waals surface area contributed by atoms with Gasteiger partial charge in [0.25, 0.3) is 0 Å². The maximum absolute atomic E-state index is 2.73. The number of likely N-dealkylation sites (tertiary alicyclic amines) is 1. The molecule has 3 rings (SSSR count). The molecule has 0 aromatic rings. The zero-order valence-corrected chi connectivity index (χ0v) is 9.78. The van der Waals surface area contributed by atoms with Crippen molar-refractivity contribution in [2.24, 2.45) is 5.92 Å². The highest BCUT2D eigenvalue weighted by Gasteiger charge is 2.36. The van der Waals surface area contributed by atoms with Crippen LogP contribution in [0.25, 0.3) is 0 Å². The Morgan fingerprint density at radius 1 is 1.33 bits per heavy atom. The third-order valence-electron chi connectivity index (χ3n) is 4.41. The van der Waals surface area contributed by atoms with Crippen molar-refractivity contribution >= 4 is 0 Å². The third-order valence-corrected chi connectivity index (χ3v) is 4.41. The highest BCUT2D eigenvalue weighted by Crippen LogP contribution is 2.41. The molecular formula is C13H22N2. The lowest BCUT2D eigenvalue weighted by molar-refractivity contribution is 0.115. The third kappa shape index (κ3) is 1.98. The van der Waals surface area contributed by atoms with Crippen molar-refractivity contribution < 1.29 is 0 Å². The molecule has 0 aromatic carbocycles. The van der Waals surface area contributed by atoms with E-state index in [1.165, 1.54) is 52.0 Å². The summed E-state index contributed by atoms with van der Waals surface area (Å²) in [6, 6.07) is 0.881. The second-order valence-corrected chi connectivity index (χ2v) is 5.30. The van der Waals surface area contributed by atoms with Gasteiger partial charge in [-0.2, -0.15) is 0 Å². The topological polar surface area (TPSA) is 6.48 Å². The lowest BCUT2D eigenvalue weighted by atomic mass is 10.0. The van der Waals surface area contributed by atoms with Crippen LogP contribution in [0.2, 0.25) is 0 Å². The zero-order chi connectivity index (χ0) is 10.3. The SMILES string of the molecule is CCN1CCC(N2CC=C3CC3C2)CC1. The summed E-state index contributed by atoms with van der Waals surface area (Å²) in [7, 11) is 0. The molecule has 2 fully saturated rings. The van der Waals surface area contributed by atoms with E-state index in [0.717, 1.165) is 12.0 Å². The van der Waals surface area contributed by atoms with Crippen LogP contribution in [-0.4, -0.2) is 48.6 Å². The van der Waals surface area contributed by atoms with Crippen LogP contribution in [0.5, 0.6) is 0 Å². The van der Waals surface area contributed by atoms with Crippen molar-refractivity contribution in [3.63, 3.8) is 0 Å². The Balaban J connectivity index is 1.53. The minimum atomic E-state index is 0.881. The van der Waals surface area contributed by atoms with Crippen LogP contribution < -0.4 is 0 Å². The lowest BCUT2D eigenvalue weighted by Crippen LogP contribution is -2.46. The highest BCUT2D eigenvalue weighted by atomic mass is 15.2. The van der Waals surface area contributed by atoms with Crippen LogP contribution in [-0.2, 0) is 0 Å². The average molecular weight is 206 g/mol. The Kier molecular flexibility index (Phi) is 2.57. The Morgan fingerprint density at radius 3 is 2.80 bits per heavy atom. The first-order chi connectivity index (χ1) is 7.36. The number of fused-ring (bicyclic) bond motifs is 1. The number of hydrogen-bond donors (Lipinski definition) is 0. The molecule has 1 aliphatic carbocycles. The monoisotopic (exact) mass is 206 g/mol. The van der Waals surface area contributed by atoms with Crippen LogP contribution in [0.4, 0.5) is 0 Å². The number of nitrogens with zero attached hydrogens (tertiary/aromatic N) is 2. The van der Waals surface area contributed by atoms with Gasteiger partial charge in [0.05, 0.1) is 0 Å². The van der Waals surface area contributed by atoms with Crippen molar-refractivity contribution in [2.75, 3.05) is 32.7 Å². The Hall–Kier alpha value is -0.340. The van der Waals surface area contributed by atoms with Crippen molar-refractivity contribution in [3.05, 3.63) is 11.6 Å². The van der Waals surface area contributed by atoms with E-state index in [0.29, 0.717) is 0 Å². The van der Waals surface area contributed by atoms with Crippen LogP contribution in [0, 0.1) is 5.92 Å². The zero-order valence-electron chi connectivity index (χ0n) is 9.78. The first-order valence-corrected chi connectivity index (χ1v) is 6.52. The van der Waals surface area contributed by atoms with Crippen molar-refractivity contribution in [1.29, 1.82) is 0 Å². The number of piperidine rings is 1. The first-order valence-electron chi connectivity index (χ1n) is 6.52. The highest BCUT2D eigenvalue weighted by molar-refractivity contribution is 5.27. The predicted octanol–water partition coefficient (Wildman–Crippen LogP) is 1.73. The molecule has 3 aliphatic rings. The summed E-state index contributed by atoms with van der Waals surface area (Å²) < 4.78 is 0. The quantitative estimate of drug-likeness (QED) is 0.635. The van der Waals surface area contributed by atoms with E-state index in [-0.39, 0.29) is 0 Å². The molecule has 2 aliphatic heterocycles. The average Bonchev–Trinajstić information content (AvgIpc) is 3.07. The summed E-state index contributed by atoms with van der Waals surface area (Å²) in [4.78, 5) is 5.31. The van der Waals surface area contributed by atoms with Crippen molar-refractivity contribution in [2.45, 2.75) is 32.2 Å². The Bertz CT molecular complexity index is 264. The number of hydrogen-bond acceptors (Lipinski definition) is 2. The molecule has 84 valence electrons. The molecule has 0 radical (unpaired) electrons. The molecule has 2 nitrogen and oxygen atoms in total. The van der Waals surface area contributed by atoms with Crippen molar-refractivity contribution in [3.8, 4) is 0 Å². The van der Waals surface area contributed by atoms with E-state index in [2.05, 4.69) is 22.8 Å². The maximum Gasteiger partial charge on any atom is 0.0169 e. The van der Waals surface area contributed by atoms with Gasteiger partial charge in [-0.3, -0.25) is 4.90 Å². The molecule has 0 N–H and O–H groups in total. The van der Waals surface area contributed by atoms with Crippen LogP contribution in [0.1, 0.15) is 26.2 Å². The minimum absolute atomic E-state index is 0.881. The van der Waals surface area contributed by atoms with Gasteiger partial charge in [0.2, 0.25) is 0 Å². The van der Waals surface area contributed by atoms with Gasteiger partial charge in [0.1, 0.15) is 0 Å². The van der Waals surface area contributed by atoms with Gasteiger partial charge in [0.15, 0.2) is 0 Å². The van der Waals surface area contributed by atoms with Gasteiger partial charge in [-0.25, -0.2) is 0 Å². The van der Waals surface area contributed by atoms with Gasteiger partial charge in [0, 0.05) is 19.1 Å². The summed E-state index contributed by atoms with van der Waals surface area (Å²) in [6.45, 7) is 8.75. The van der Waals surface area contributed by atoms with Crippen LogP contribution in [0.15, 0.2) is 11.6 Å². The molecule has 15 heavy (non-hydrogen) atoms. The van der Waals surface area contributed by atoms with Gasteiger partial charge in [-0.1, -0.05) is 18.6 Å². The summed E-state index contributed by atoms with van der Waals surface area (Å²) in [6.07, 6.45) is 6.68. The molecular weight excluding hydrogens is 184 g/mol. The molecule has 0 spiro atoms. The minimum Gasteiger partial charge on any atom is -0.303 e. The largest absolute Gasteiger partial charge is 0.303 e. The summed E-state index contributed by atoms with van der Waals surface area (Å²) in [5.74, 6) is 0.961. The fourth-order valence-corrected chi connectivity index (χ4v) is 3.15. The van der Waals surface area contributed by atoms with E-state index in [9.17, 15) is 0 Å². The van der Waals surface area contributed by atoms with E-state index in [1.807, 2.05) is 0 Å². The molecule has 0 amide bonds. The molecule has 2 heteroatoms. The Labute approximate surface area is 92.9 Å². The lowest BCUT2D eigenvalue weighted by Gasteiger charge is -2.38. The second kappa shape index (κ2) is 3.91. The molecule has 0 aromatic heterocycles. The van der Waals surface area contributed by atoms with Crippen LogP contribution >= 0.6 is 0 Å². The molecule has 1 atom stereocenters. The molecule has 0 bridgehead atoms. The molecule has 1 unspecified atom stereocenters. The Morgan fingerprint density at radius 2 is 2.13 bits per heavy atom. The maximum atomic E-state index is 2.73. The van der Waals surface area contributed by atoms with E-state index in [1.54, 1.807) is 5.57 Å². The van der Waals surface area contributed by atoms with Gasteiger partial charge in [-0.15, -0.1) is 0 Å². The van der Waals surface area contributed by atoms with Crippen LogP contribution in [0.3, 0.4) is 0 Å². The fraction of sp³-hybridized carbons (Fsp3) is 0.846. The number of rotatable bonds is 2. The summed E-state index contributed by atoms with van der Waals surface area (Å²) in [5, 5.41) is 0. The van der Waals surface area contributed by atoms with Gasteiger partial charge in [-0.05, 0) is 44.8 Å². The van der Waals surface area contributed by atoms with Crippen molar-refractivity contribution in [1.82, 2.24) is 9.80 Å². The normalized spacial score (nSPS) is 33.7. The summed E-state index contributed by atoms with van der Waals surface area (Å²) in [5.41, 5.74) is 1.75. The van der Waals surface area contributed by atoms with Gasteiger partial charge >= 0.3 is 0 Å². The van der Waals surface area contributed by atoms with E-state index >= 15 is 0 Å². The molecule has 1 saturated heterocycles. The summed E-state index contributed by atoms with van der Waals surface area (Å²) >= 11 is 0. The fourth-order valence-electron chi connectivity index (χ4n) is 3.15. The second-order valence-electron chi connectivity index (χ2n) is 5.30. The molecule has 1 saturated carbocycles. The first kappa shape index (κ1) is 9.86. The predicted molar refractivity (Wildman–Crippen MR) is 62.9 cm³/mol. The van der Waals surface area contributed by atoms with E-state index in [4.69, 9.17) is 0 Å². The van der Waals surface area contributed by atoms with E-state index < -0.39 is 0 Å². The smallest absolute Gasteiger partial charge is 0.0169 e. The standard InChI is InChI=1S/C13H22N2/c1-2-14-6-4-13(5-7-14)15-8-3-11-9-12(11)10-15/h3,12-13H,2,4-10H2,1H3. The molecule has 2 heterocycles.